The molecule has 0 radical (unpaired) electrons. The Morgan fingerprint density at radius 2 is 1.85 bits per heavy atom. The zero-order chi connectivity index (χ0) is 19.0. The Bertz CT molecular complexity index is 827. The monoisotopic (exact) mass is 368 g/mol. The molecule has 0 saturated carbocycles. The fourth-order valence-electron chi connectivity index (χ4n) is 3.94. The first kappa shape index (κ1) is 18.3. The quantitative estimate of drug-likeness (QED) is 0.872. The molecule has 2 heterocycles. The first-order valence-electron chi connectivity index (χ1n) is 9.75. The van der Waals surface area contributed by atoms with Crippen LogP contribution in [0.1, 0.15) is 55.0 Å². The van der Waals surface area contributed by atoms with E-state index in [2.05, 4.69) is 45.0 Å². The van der Waals surface area contributed by atoms with Gasteiger partial charge in [-0.05, 0) is 74.4 Å². The standard InChI is InChI=1S/C23H28O4/c1-15-4-6-17(22(24)20-8-9-23(2,3)27-20)14-18(15)12-16-5-7-19-21(13-16)26-11-10-25-19/h4-7,13-14,20,22,24H,8-12H2,1-3H3. The van der Waals surface area contributed by atoms with Gasteiger partial charge in [0, 0.05) is 0 Å². The Morgan fingerprint density at radius 3 is 2.59 bits per heavy atom. The van der Waals surface area contributed by atoms with Crippen molar-refractivity contribution in [2.24, 2.45) is 0 Å². The zero-order valence-corrected chi connectivity index (χ0v) is 16.3. The van der Waals surface area contributed by atoms with Crippen LogP contribution in [0.25, 0.3) is 0 Å². The van der Waals surface area contributed by atoms with E-state index in [4.69, 9.17) is 14.2 Å². The number of aryl methyl sites for hydroxylation is 1. The maximum atomic E-state index is 10.8. The average Bonchev–Trinajstić information content (AvgIpc) is 3.02. The maximum absolute atomic E-state index is 10.8. The van der Waals surface area contributed by atoms with Gasteiger partial charge in [0.1, 0.15) is 19.3 Å². The fourth-order valence-corrected chi connectivity index (χ4v) is 3.94. The van der Waals surface area contributed by atoms with E-state index in [1.165, 1.54) is 16.7 Å². The highest BCUT2D eigenvalue weighted by Crippen LogP contribution is 2.37. The second-order valence-electron chi connectivity index (χ2n) is 8.24. The Morgan fingerprint density at radius 1 is 1.07 bits per heavy atom. The van der Waals surface area contributed by atoms with Crippen LogP contribution in [0.2, 0.25) is 0 Å². The molecule has 2 aromatic carbocycles. The van der Waals surface area contributed by atoms with Crippen molar-refractivity contribution in [2.45, 2.75) is 57.8 Å². The summed E-state index contributed by atoms with van der Waals surface area (Å²) < 4.78 is 17.3. The summed E-state index contributed by atoms with van der Waals surface area (Å²) in [4.78, 5) is 0. The Kier molecular flexibility index (Phi) is 4.87. The van der Waals surface area contributed by atoms with Crippen molar-refractivity contribution in [3.8, 4) is 11.5 Å². The molecule has 1 saturated heterocycles. The smallest absolute Gasteiger partial charge is 0.161 e. The van der Waals surface area contributed by atoms with Gasteiger partial charge in [0.2, 0.25) is 0 Å². The number of hydrogen-bond donors (Lipinski definition) is 1. The molecule has 0 aromatic heterocycles. The van der Waals surface area contributed by atoms with Crippen molar-refractivity contribution in [1.82, 2.24) is 0 Å². The number of ether oxygens (including phenoxy) is 3. The van der Waals surface area contributed by atoms with E-state index in [0.717, 1.165) is 36.3 Å². The number of aliphatic hydroxyl groups excluding tert-OH is 1. The summed E-state index contributed by atoms with van der Waals surface area (Å²) in [5.41, 5.74) is 4.38. The molecule has 2 aliphatic rings. The van der Waals surface area contributed by atoms with E-state index in [9.17, 15) is 5.11 Å². The topological polar surface area (TPSA) is 47.9 Å². The van der Waals surface area contributed by atoms with Gasteiger partial charge in [-0.25, -0.2) is 0 Å². The van der Waals surface area contributed by atoms with Crippen molar-refractivity contribution in [3.05, 3.63) is 58.7 Å². The van der Waals surface area contributed by atoms with Crippen LogP contribution in [0, 0.1) is 6.92 Å². The van der Waals surface area contributed by atoms with E-state index in [1.807, 2.05) is 12.1 Å². The average molecular weight is 368 g/mol. The van der Waals surface area contributed by atoms with Gasteiger partial charge >= 0.3 is 0 Å². The lowest BCUT2D eigenvalue weighted by atomic mass is 9.94. The van der Waals surface area contributed by atoms with Crippen molar-refractivity contribution < 1.29 is 19.3 Å². The molecule has 0 aliphatic carbocycles. The lowest BCUT2D eigenvalue weighted by Crippen LogP contribution is -2.24. The lowest BCUT2D eigenvalue weighted by Gasteiger charge is -2.24. The molecule has 4 nitrogen and oxygen atoms in total. The summed E-state index contributed by atoms with van der Waals surface area (Å²) in [5, 5.41) is 10.8. The van der Waals surface area contributed by atoms with Crippen LogP contribution in [0.15, 0.2) is 36.4 Å². The summed E-state index contributed by atoms with van der Waals surface area (Å²) >= 11 is 0. The number of rotatable bonds is 4. The SMILES string of the molecule is Cc1ccc(C(O)C2CCC(C)(C)O2)cc1Cc1ccc2c(c1)OCCO2. The van der Waals surface area contributed by atoms with E-state index in [0.29, 0.717) is 13.2 Å². The number of benzene rings is 2. The Hall–Kier alpha value is -2.04. The normalized spacial score (nSPS) is 21.9. The predicted octanol–water partition coefficient (Wildman–Crippen LogP) is 4.35. The van der Waals surface area contributed by atoms with Gasteiger partial charge in [0.15, 0.2) is 11.5 Å². The maximum Gasteiger partial charge on any atom is 0.161 e. The van der Waals surface area contributed by atoms with Gasteiger partial charge in [-0.3, -0.25) is 0 Å². The van der Waals surface area contributed by atoms with Crippen molar-refractivity contribution >= 4 is 0 Å². The van der Waals surface area contributed by atoms with E-state index < -0.39 is 6.10 Å². The van der Waals surface area contributed by atoms with Crippen LogP contribution in [0.5, 0.6) is 11.5 Å². The molecule has 144 valence electrons. The molecule has 4 rings (SSSR count). The highest BCUT2D eigenvalue weighted by atomic mass is 16.6. The van der Waals surface area contributed by atoms with Gasteiger partial charge in [-0.15, -0.1) is 0 Å². The lowest BCUT2D eigenvalue weighted by molar-refractivity contribution is -0.0720. The van der Waals surface area contributed by atoms with Crippen LogP contribution in [-0.4, -0.2) is 30.0 Å². The van der Waals surface area contributed by atoms with E-state index in [-0.39, 0.29) is 11.7 Å². The van der Waals surface area contributed by atoms with E-state index in [1.54, 1.807) is 0 Å². The van der Waals surface area contributed by atoms with E-state index >= 15 is 0 Å². The summed E-state index contributed by atoms with van der Waals surface area (Å²) in [6, 6.07) is 12.3. The second kappa shape index (κ2) is 7.17. The molecule has 1 N–H and O–H groups in total. The number of fused-ring (bicyclic) bond motifs is 1. The molecule has 2 aliphatic heterocycles. The van der Waals surface area contributed by atoms with Crippen molar-refractivity contribution in [3.63, 3.8) is 0 Å². The third kappa shape index (κ3) is 3.97. The van der Waals surface area contributed by atoms with Crippen LogP contribution in [-0.2, 0) is 11.2 Å². The first-order valence-corrected chi connectivity index (χ1v) is 9.75. The summed E-state index contributed by atoms with van der Waals surface area (Å²) in [5.74, 6) is 1.63. The van der Waals surface area contributed by atoms with Crippen LogP contribution in [0.3, 0.4) is 0 Å². The highest BCUT2D eigenvalue weighted by Gasteiger charge is 2.36. The number of hydrogen-bond acceptors (Lipinski definition) is 4. The van der Waals surface area contributed by atoms with Crippen LogP contribution < -0.4 is 9.47 Å². The Balaban J connectivity index is 1.54. The molecule has 0 bridgehead atoms. The molecule has 1 fully saturated rings. The van der Waals surface area contributed by atoms with Crippen molar-refractivity contribution in [2.75, 3.05) is 13.2 Å². The van der Waals surface area contributed by atoms with Crippen LogP contribution in [0.4, 0.5) is 0 Å². The fraction of sp³-hybridized carbons (Fsp3) is 0.478. The van der Waals surface area contributed by atoms with Gasteiger partial charge in [-0.1, -0.05) is 24.3 Å². The molecule has 27 heavy (non-hydrogen) atoms. The second-order valence-corrected chi connectivity index (χ2v) is 8.24. The molecule has 4 heteroatoms. The minimum atomic E-state index is -0.591. The number of aliphatic hydroxyl groups is 1. The minimum absolute atomic E-state index is 0.134. The van der Waals surface area contributed by atoms with Crippen LogP contribution >= 0.6 is 0 Å². The molecule has 0 spiro atoms. The largest absolute Gasteiger partial charge is 0.486 e. The summed E-state index contributed by atoms with van der Waals surface area (Å²) in [6.07, 6.45) is 1.93. The molecule has 2 atom stereocenters. The third-order valence-electron chi connectivity index (χ3n) is 5.57. The zero-order valence-electron chi connectivity index (χ0n) is 16.3. The Labute approximate surface area is 161 Å². The van der Waals surface area contributed by atoms with Gasteiger partial charge < -0.3 is 19.3 Å². The predicted molar refractivity (Wildman–Crippen MR) is 105 cm³/mol. The minimum Gasteiger partial charge on any atom is -0.486 e. The summed E-state index contributed by atoms with van der Waals surface area (Å²) in [6.45, 7) is 7.48. The molecule has 2 aromatic rings. The van der Waals surface area contributed by atoms with Gasteiger partial charge in [0.25, 0.3) is 0 Å². The third-order valence-corrected chi connectivity index (χ3v) is 5.57. The first-order chi connectivity index (χ1) is 12.9. The molecular weight excluding hydrogens is 340 g/mol. The highest BCUT2D eigenvalue weighted by molar-refractivity contribution is 5.46. The van der Waals surface area contributed by atoms with Gasteiger partial charge in [0.05, 0.1) is 11.7 Å². The van der Waals surface area contributed by atoms with Crippen molar-refractivity contribution in [1.29, 1.82) is 0 Å². The summed E-state index contributed by atoms with van der Waals surface area (Å²) in [7, 11) is 0. The molecular formula is C23H28O4. The molecule has 0 amide bonds. The van der Waals surface area contributed by atoms with Gasteiger partial charge in [-0.2, -0.15) is 0 Å². The molecule has 2 unspecified atom stereocenters.